The van der Waals surface area contributed by atoms with E-state index >= 15 is 0 Å². The highest BCUT2D eigenvalue weighted by Crippen LogP contribution is 2.26. The minimum atomic E-state index is 0.476. The number of aromatic nitrogens is 5. The molecule has 0 aliphatic heterocycles. The van der Waals surface area contributed by atoms with Gasteiger partial charge < -0.3 is 4.98 Å². The van der Waals surface area contributed by atoms with Crippen molar-refractivity contribution < 1.29 is 0 Å². The number of nitrogens with one attached hydrogen (secondary N) is 1. The van der Waals surface area contributed by atoms with E-state index in [0.717, 1.165) is 28.7 Å². The van der Waals surface area contributed by atoms with Crippen molar-refractivity contribution in [3.05, 3.63) is 31.0 Å². The molecule has 0 aliphatic carbocycles. The third-order valence-electron chi connectivity index (χ3n) is 4.22. The summed E-state index contributed by atoms with van der Waals surface area (Å²) in [6.45, 7) is 4.47. The Labute approximate surface area is 130 Å². The average molecular weight is 297 g/mol. The molecule has 0 fully saturated rings. The molecule has 3 rings (SSSR count). The van der Waals surface area contributed by atoms with Gasteiger partial charge in [-0.25, -0.2) is 9.97 Å². The average Bonchev–Trinajstić information content (AvgIpc) is 3.20. The van der Waals surface area contributed by atoms with Crippen LogP contribution in [0, 0.1) is 0 Å². The lowest BCUT2D eigenvalue weighted by atomic mass is 10.1. The molecule has 0 aliphatic rings. The van der Waals surface area contributed by atoms with Crippen LogP contribution in [0.3, 0.4) is 0 Å². The predicted octanol–water partition coefficient (Wildman–Crippen LogP) is 4.35. The van der Waals surface area contributed by atoms with Gasteiger partial charge in [-0.3, -0.25) is 4.68 Å². The van der Waals surface area contributed by atoms with Crippen LogP contribution in [0.4, 0.5) is 0 Å². The van der Waals surface area contributed by atoms with Crippen LogP contribution in [-0.2, 0) is 0 Å². The molecule has 0 bridgehead atoms. The molecular formula is C17H23N5. The number of fused-ring (bicyclic) bond motifs is 1. The zero-order valence-corrected chi connectivity index (χ0v) is 13.3. The topological polar surface area (TPSA) is 59.4 Å². The van der Waals surface area contributed by atoms with E-state index in [1.165, 1.54) is 25.7 Å². The van der Waals surface area contributed by atoms with Gasteiger partial charge >= 0.3 is 0 Å². The fourth-order valence-electron chi connectivity index (χ4n) is 2.92. The lowest BCUT2D eigenvalue weighted by molar-refractivity contribution is 0.397. The highest BCUT2D eigenvalue weighted by atomic mass is 15.3. The molecule has 0 radical (unpaired) electrons. The summed E-state index contributed by atoms with van der Waals surface area (Å²) >= 11 is 0. The maximum Gasteiger partial charge on any atom is 0.141 e. The van der Waals surface area contributed by atoms with Crippen molar-refractivity contribution in [1.29, 1.82) is 0 Å². The summed E-state index contributed by atoms with van der Waals surface area (Å²) in [4.78, 5) is 11.8. The number of nitrogens with zero attached hydrogens (tertiary/aromatic N) is 4. The molecule has 0 saturated heterocycles. The van der Waals surface area contributed by atoms with E-state index in [-0.39, 0.29) is 0 Å². The van der Waals surface area contributed by atoms with Crippen LogP contribution in [0.15, 0.2) is 31.0 Å². The van der Waals surface area contributed by atoms with Gasteiger partial charge in [-0.1, -0.05) is 33.1 Å². The molecule has 22 heavy (non-hydrogen) atoms. The van der Waals surface area contributed by atoms with Crippen LogP contribution in [0.1, 0.15) is 52.0 Å². The van der Waals surface area contributed by atoms with Gasteiger partial charge in [0.2, 0.25) is 0 Å². The van der Waals surface area contributed by atoms with Crippen LogP contribution >= 0.6 is 0 Å². The van der Waals surface area contributed by atoms with Crippen molar-refractivity contribution in [2.45, 2.75) is 52.0 Å². The standard InChI is InChI=1S/C17H23N5/c1-3-5-6-7-14(4-2)22-11-13(10-21-22)16-15-8-9-18-17(15)20-12-19-16/h8-12,14H,3-7H2,1-2H3,(H,18,19,20). The Kier molecular flexibility index (Phi) is 4.51. The summed E-state index contributed by atoms with van der Waals surface area (Å²) in [5.74, 6) is 0. The number of hydrogen-bond donors (Lipinski definition) is 1. The number of unbranched alkanes of at least 4 members (excludes halogenated alkanes) is 2. The summed E-state index contributed by atoms with van der Waals surface area (Å²) in [5, 5.41) is 5.62. The third kappa shape index (κ3) is 2.89. The Morgan fingerprint density at radius 3 is 2.95 bits per heavy atom. The number of aromatic amines is 1. The van der Waals surface area contributed by atoms with Gasteiger partial charge in [-0.05, 0) is 18.9 Å². The molecule has 1 unspecified atom stereocenters. The molecule has 5 heteroatoms. The lowest BCUT2D eigenvalue weighted by Gasteiger charge is -2.15. The van der Waals surface area contributed by atoms with Crippen molar-refractivity contribution in [2.24, 2.45) is 0 Å². The quantitative estimate of drug-likeness (QED) is 0.659. The molecule has 1 atom stereocenters. The number of rotatable bonds is 7. The fraction of sp³-hybridized carbons (Fsp3) is 0.471. The first-order valence-corrected chi connectivity index (χ1v) is 8.16. The molecule has 116 valence electrons. The van der Waals surface area contributed by atoms with E-state index in [1.807, 2.05) is 18.5 Å². The van der Waals surface area contributed by atoms with E-state index in [9.17, 15) is 0 Å². The van der Waals surface area contributed by atoms with E-state index in [0.29, 0.717) is 6.04 Å². The first-order chi connectivity index (χ1) is 10.8. The lowest BCUT2D eigenvalue weighted by Crippen LogP contribution is -2.08. The maximum absolute atomic E-state index is 4.58. The molecule has 0 spiro atoms. The van der Waals surface area contributed by atoms with Gasteiger partial charge in [-0.2, -0.15) is 5.10 Å². The van der Waals surface area contributed by atoms with Crippen LogP contribution in [-0.4, -0.2) is 24.7 Å². The Hall–Kier alpha value is -2.17. The molecular weight excluding hydrogens is 274 g/mol. The van der Waals surface area contributed by atoms with Crippen LogP contribution in [0.25, 0.3) is 22.3 Å². The summed E-state index contributed by atoms with van der Waals surface area (Å²) in [7, 11) is 0. The van der Waals surface area contributed by atoms with Crippen LogP contribution in [0.5, 0.6) is 0 Å². The van der Waals surface area contributed by atoms with Crippen LogP contribution < -0.4 is 0 Å². The second-order valence-corrected chi connectivity index (χ2v) is 5.73. The zero-order chi connectivity index (χ0) is 15.4. The minimum absolute atomic E-state index is 0.476. The van der Waals surface area contributed by atoms with Gasteiger partial charge in [0.15, 0.2) is 0 Å². The largest absolute Gasteiger partial charge is 0.346 e. The Balaban J connectivity index is 1.85. The second-order valence-electron chi connectivity index (χ2n) is 5.73. The van der Waals surface area contributed by atoms with Crippen molar-refractivity contribution in [2.75, 3.05) is 0 Å². The Morgan fingerprint density at radius 2 is 2.14 bits per heavy atom. The Bertz CT molecular complexity index is 727. The van der Waals surface area contributed by atoms with Gasteiger partial charge in [0.25, 0.3) is 0 Å². The summed E-state index contributed by atoms with van der Waals surface area (Å²) < 4.78 is 2.10. The van der Waals surface area contributed by atoms with E-state index in [4.69, 9.17) is 0 Å². The normalized spacial score (nSPS) is 12.8. The molecule has 0 amide bonds. The van der Waals surface area contributed by atoms with Crippen molar-refractivity contribution >= 4 is 11.0 Å². The molecule has 5 nitrogen and oxygen atoms in total. The second kappa shape index (κ2) is 6.73. The van der Waals surface area contributed by atoms with Crippen LogP contribution in [0.2, 0.25) is 0 Å². The zero-order valence-electron chi connectivity index (χ0n) is 13.3. The molecule has 3 aromatic heterocycles. The molecule has 3 heterocycles. The van der Waals surface area contributed by atoms with E-state index in [1.54, 1.807) is 6.33 Å². The molecule has 1 N–H and O–H groups in total. The highest BCUT2D eigenvalue weighted by molar-refractivity contribution is 5.89. The van der Waals surface area contributed by atoms with Crippen molar-refractivity contribution in [3.8, 4) is 11.3 Å². The van der Waals surface area contributed by atoms with Gasteiger partial charge in [0.1, 0.15) is 12.0 Å². The van der Waals surface area contributed by atoms with E-state index in [2.05, 4.69) is 44.8 Å². The monoisotopic (exact) mass is 297 g/mol. The van der Waals surface area contributed by atoms with Gasteiger partial charge in [-0.15, -0.1) is 0 Å². The van der Waals surface area contributed by atoms with Crippen molar-refractivity contribution in [1.82, 2.24) is 24.7 Å². The Morgan fingerprint density at radius 1 is 1.23 bits per heavy atom. The molecule has 0 aromatic carbocycles. The SMILES string of the molecule is CCCCCC(CC)n1cc(-c2ncnc3[nH]ccc23)cn1. The maximum atomic E-state index is 4.58. The van der Waals surface area contributed by atoms with Gasteiger partial charge in [0.05, 0.1) is 17.9 Å². The first-order valence-electron chi connectivity index (χ1n) is 8.16. The van der Waals surface area contributed by atoms with E-state index < -0.39 is 0 Å². The highest BCUT2D eigenvalue weighted by Gasteiger charge is 2.13. The smallest absolute Gasteiger partial charge is 0.141 e. The summed E-state index contributed by atoms with van der Waals surface area (Å²) in [6.07, 6.45) is 13.6. The number of H-pyrrole nitrogens is 1. The number of hydrogen-bond acceptors (Lipinski definition) is 3. The van der Waals surface area contributed by atoms with Crippen molar-refractivity contribution in [3.63, 3.8) is 0 Å². The first kappa shape index (κ1) is 14.8. The summed E-state index contributed by atoms with van der Waals surface area (Å²) in [6, 6.07) is 2.49. The summed E-state index contributed by atoms with van der Waals surface area (Å²) in [5.41, 5.74) is 2.87. The predicted molar refractivity (Wildman–Crippen MR) is 88.6 cm³/mol. The molecule has 0 saturated carbocycles. The third-order valence-corrected chi connectivity index (χ3v) is 4.22. The fourth-order valence-corrected chi connectivity index (χ4v) is 2.92. The van der Waals surface area contributed by atoms with Gasteiger partial charge in [0, 0.05) is 23.3 Å². The molecule has 3 aromatic rings. The minimum Gasteiger partial charge on any atom is -0.346 e.